The van der Waals surface area contributed by atoms with Crippen molar-refractivity contribution in [1.82, 2.24) is 9.69 Å². The Morgan fingerprint density at radius 1 is 1.14 bits per heavy atom. The molecule has 0 aliphatic heterocycles. The lowest BCUT2D eigenvalue weighted by atomic mass is 10.00. The normalized spacial score (nSPS) is 12.1. The molecule has 11 heteroatoms. The monoisotopic (exact) mass is 513 g/mol. The Morgan fingerprint density at radius 2 is 1.78 bits per heavy atom. The number of aromatic nitrogens is 1. The number of hydrogen-bond acceptors (Lipinski definition) is 7. The van der Waals surface area contributed by atoms with Gasteiger partial charge in [0.1, 0.15) is 22.5 Å². The number of ether oxygens (including phenoxy) is 1. The van der Waals surface area contributed by atoms with E-state index in [0.29, 0.717) is 22.8 Å². The molecule has 5 N–H and O–H groups in total. The maximum atomic E-state index is 14.1. The van der Waals surface area contributed by atoms with E-state index in [0.717, 1.165) is 5.56 Å². The quantitative estimate of drug-likeness (QED) is 0.441. The number of nitrogens with one attached hydrogen (secondary N) is 1. The van der Waals surface area contributed by atoms with E-state index in [1.54, 1.807) is 39.0 Å². The molecule has 0 spiro atoms. The number of carbonyl (C=O) groups is 3. The number of amides is 3. The smallest absolute Gasteiger partial charge is 0.273 e. The average Bonchev–Trinajstić information content (AvgIpc) is 3.18. The Bertz CT molecular complexity index is 1300. The predicted octanol–water partition coefficient (Wildman–Crippen LogP) is 3.58. The number of halogens is 1. The lowest BCUT2D eigenvalue weighted by Gasteiger charge is -2.34. The molecular formula is C25H28FN5O4S. The Balaban J connectivity index is 2.32. The van der Waals surface area contributed by atoms with E-state index >= 15 is 0 Å². The SMILES string of the molecule is COc1ccc(C)cc1N(C(=O)c1snc(C(N)=O)c1N)[C@H](C(=O)NC(C)(C)C)c1ccc(F)cc1. The van der Waals surface area contributed by atoms with Gasteiger partial charge in [0.05, 0.1) is 18.5 Å². The van der Waals surface area contributed by atoms with Crippen molar-refractivity contribution in [2.45, 2.75) is 39.3 Å². The molecule has 0 aliphatic rings. The summed E-state index contributed by atoms with van der Waals surface area (Å²) in [5.74, 6) is -2.31. The number of nitrogen functional groups attached to an aromatic ring is 1. The molecule has 9 nitrogen and oxygen atoms in total. The van der Waals surface area contributed by atoms with Crippen LogP contribution < -0.4 is 26.4 Å². The van der Waals surface area contributed by atoms with Crippen LogP contribution in [0.3, 0.4) is 0 Å². The first kappa shape index (κ1) is 26.6. The summed E-state index contributed by atoms with van der Waals surface area (Å²) in [6.07, 6.45) is 0. The van der Waals surface area contributed by atoms with Gasteiger partial charge < -0.3 is 21.5 Å². The zero-order chi connectivity index (χ0) is 26.8. The van der Waals surface area contributed by atoms with Crippen molar-refractivity contribution in [3.05, 3.63) is 70.0 Å². The molecule has 0 unspecified atom stereocenters. The van der Waals surface area contributed by atoms with Gasteiger partial charge in [-0.25, -0.2) is 4.39 Å². The number of benzene rings is 2. The van der Waals surface area contributed by atoms with Gasteiger partial charge in [-0.05, 0) is 74.6 Å². The third kappa shape index (κ3) is 5.62. The van der Waals surface area contributed by atoms with Gasteiger partial charge in [-0.3, -0.25) is 19.3 Å². The number of primary amides is 1. The second-order valence-electron chi connectivity index (χ2n) is 9.18. The molecule has 0 fully saturated rings. The Labute approximate surface area is 212 Å². The van der Waals surface area contributed by atoms with Crippen LogP contribution >= 0.6 is 11.5 Å². The second-order valence-corrected chi connectivity index (χ2v) is 9.96. The number of carbonyl (C=O) groups excluding carboxylic acids is 3. The molecular weight excluding hydrogens is 485 g/mol. The third-order valence-electron chi connectivity index (χ3n) is 5.16. The zero-order valence-corrected chi connectivity index (χ0v) is 21.4. The molecule has 0 bridgehead atoms. The number of nitrogens with two attached hydrogens (primary N) is 2. The van der Waals surface area contributed by atoms with E-state index in [1.807, 2.05) is 6.92 Å². The Morgan fingerprint density at radius 3 is 2.31 bits per heavy atom. The van der Waals surface area contributed by atoms with Crippen LogP contribution in [0.15, 0.2) is 42.5 Å². The topological polar surface area (TPSA) is 141 Å². The van der Waals surface area contributed by atoms with Crippen LogP contribution in [0.5, 0.6) is 5.75 Å². The molecule has 36 heavy (non-hydrogen) atoms. The summed E-state index contributed by atoms with van der Waals surface area (Å²) in [5, 5.41) is 2.89. The first-order valence-electron chi connectivity index (χ1n) is 10.9. The summed E-state index contributed by atoms with van der Waals surface area (Å²) in [5.41, 5.74) is 11.7. The fourth-order valence-corrected chi connectivity index (χ4v) is 4.34. The highest BCUT2D eigenvalue weighted by atomic mass is 32.1. The van der Waals surface area contributed by atoms with Gasteiger partial charge in [0.2, 0.25) is 5.91 Å². The van der Waals surface area contributed by atoms with Gasteiger partial charge in [-0.2, -0.15) is 4.37 Å². The number of nitrogens with zero attached hydrogens (tertiary/aromatic N) is 2. The Hall–Kier alpha value is -3.99. The van der Waals surface area contributed by atoms with E-state index in [9.17, 15) is 18.8 Å². The highest BCUT2D eigenvalue weighted by molar-refractivity contribution is 7.09. The van der Waals surface area contributed by atoms with E-state index < -0.39 is 35.1 Å². The predicted molar refractivity (Wildman–Crippen MR) is 137 cm³/mol. The molecule has 3 amide bonds. The van der Waals surface area contributed by atoms with Crippen LogP contribution in [0.1, 0.15) is 58.1 Å². The minimum Gasteiger partial charge on any atom is -0.495 e. The fourth-order valence-electron chi connectivity index (χ4n) is 3.59. The van der Waals surface area contributed by atoms with Gasteiger partial charge in [-0.1, -0.05) is 18.2 Å². The highest BCUT2D eigenvalue weighted by Gasteiger charge is 2.38. The number of methoxy groups -OCH3 is 1. The highest BCUT2D eigenvalue weighted by Crippen LogP contribution is 2.38. The maximum Gasteiger partial charge on any atom is 0.273 e. The molecule has 190 valence electrons. The fraction of sp³-hybridized carbons (Fsp3) is 0.280. The van der Waals surface area contributed by atoms with Gasteiger partial charge in [0.15, 0.2) is 5.69 Å². The molecule has 1 aromatic heterocycles. The molecule has 1 atom stereocenters. The first-order valence-corrected chi connectivity index (χ1v) is 11.7. The summed E-state index contributed by atoms with van der Waals surface area (Å²) in [6.45, 7) is 7.21. The molecule has 3 rings (SSSR count). The molecule has 1 heterocycles. The van der Waals surface area contributed by atoms with E-state index in [2.05, 4.69) is 9.69 Å². The second kappa shape index (κ2) is 10.3. The largest absolute Gasteiger partial charge is 0.495 e. The van der Waals surface area contributed by atoms with Gasteiger partial charge >= 0.3 is 0 Å². The van der Waals surface area contributed by atoms with Gasteiger partial charge in [0.25, 0.3) is 11.8 Å². The minimum absolute atomic E-state index is 0.0805. The van der Waals surface area contributed by atoms with Crippen molar-refractivity contribution in [3.8, 4) is 5.75 Å². The standard InChI is InChI=1S/C25H28FN5O4S/c1-13-6-11-17(35-5)16(12-13)31(24(34)21-18(27)19(22(28)32)30-36-21)20(23(33)29-25(2,3)4)14-7-9-15(26)10-8-14/h6-12,20H,27H2,1-5H3,(H2,28,32)(H,29,33)/t20-/m0/s1. The molecule has 0 saturated carbocycles. The van der Waals surface area contributed by atoms with Crippen molar-refractivity contribution in [2.24, 2.45) is 5.73 Å². The van der Waals surface area contributed by atoms with Crippen molar-refractivity contribution in [3.63, 3.8) is 0 Å². The minimum atomic E-state index is -1.26. The average molecular weight is 514 g/mol. The number of rotatable bonds is 7. The van der Waals surface area contributed by atoms with Crippen LogP contribution in [0, 0.1) is 12.7 Å². The lowest BCUT2D eigenvalue weighted by molar-refractivity contribution is -0.123. The third-order valence-corrected chi connectivity index (χ3v) is 6.01. The molecule has 2 aromatic carbocycles. The summed E-state index contributed by atoms with van der Waals surface area (Å²) in [4.78, 5) is 40.7. The van der Waals surface area contributed by atoms with Crippen molar-refractivity contribution < 1.29 is 23.5 Å². The summed E-state index contributed by atoms with van der Waals surface area (Å²) in [7, 11) is 1.44. The van der Waals surface area contributed by atoms with E-state index in [-0.39, 0.29) is 21.9 Å². The van der Waals surface area contributed by atoms with Crippen LogP contribution in [0.2, 0.25) is 0 Å². The summed E-state index contributed by atoms with van der Waals surface area (Å²) < 4.78 is 23.3. The van der Waals surface area contributed by atoms with Crippen LogP contribution in [-0.2, 0) is 4.79 Å². The summed E-state index contributed by atoms with van der Waals surface area (Å²) >= 11 is 0.694. The van der Waals surface area contributed by atoms with Crippen LogP contribution in [0.4, 0.5) is 15.8 Å². The number of aryl methyl sites for hydroxylation is 1. The maximum absolute atomic E-state index is 14.1. The van der Waals surface area contributed by atoms with Gasteiger partial charge in [-0.15, -0.1) is 0 Å². The van der Waals surface area contributed by atoms with Crippen molar-refractivity contribution >= 4 is 40.6 Å². The van der Waals surface area contributed by atoms with Gasteiger partial charge in [0, 0.05) is 5.54 Å². The lowest BCUT2D eigenvalue weighted by Crippen LogP contribution is -2.49. The van der Waals surface area contributed by atoms with E-state index in [1.165, 1.54) is 36.3 Å². The molecule has 0 saturated heterocycles. The number of hydrogen-bond donors (Lipinski definition) is 3. The molecule has 0 radical (unpaired) electrons. The van der Waals surface area contributed by atoms with Crippen molar-refractivity contribution in [2.75, 3.05) is 17.7 Å². The van der Waals surface area contributed by atoms with Crippen LogP contribution in [0.25, 0.3) is 0 Å². The number of anilines is 2. The molecule has 3 aromatic rings. The Kier molecular flexibility index (Phi) is 7.63. The van der Waals surface area contributed by atoms with Crippen LogP contribution in [-0.4, -0.2) is 34.7 Å². The molecule has 0 aliphatic carbocycles. The summed E-state index contributed by atoms with van der Waals surface area (Å²) in [6, 6.07) is 9.14. The van der Waals surface area contributed by atoms with Crippen molar-refractivity contribution in [1.29, 1.82) is 0 Å². The first-order chi connectivity index (χ1) is 16.8. The van der Waals surface area contributed by atoms with E-state index in [4.69, 9.17) is 16.2 Å². The zero-order valence-electron chi connectivity index (χ0n) is 20.6.